The van der Waals surface area contributed by atoms with Gasteiger partial charge in [0.2, 0.25) is 5.60 Å². The zero-order valence-corrected chi connectivity index (χ0v) is 21.9. The van der Waals surface area contributed by atoms with E-state index in [1.54, 1.807) is 29.2 Å². The Labute approximate surface area is 211 Å². The minimum Gasteiger partial charge on any atom is -0.460 e. The molecule has 2 aliphatic rings. The Morgan fingerprint density at radius 3 is 1.97 bits per heavy atom. The van der Waals surface area contributed by atoms with Crippen LogP contribution in [0.15, 0.2) is 24.3 Å². The third-order valence-corrected chi connectivity index (χ3v) is 8.91. The van der Waals surface area contributed by atoms with Crippen molar-refractivity contribution in [1.82, 2.24) is 4.90 Å². The molecule has 10 heteroatoms. The Morgan fingerprint density at radius 2 is 1.55 bits per heavy atom. The van der Waals surface area contributed by atoms with Gasteiger partial charge in [-0.3, -0.25) is 0 Å². The molecule has 1 saturated heterocycles. The molecule has 0 unspecified atom stereocenters. The van der Waals surface area contributed by atoms with E-state index in [-0.39, 0.29) is 17.6 Å². The predicted molar refractivity (Wildman–Crippen MR) is 130 cm³/mol. The molecule has 1 saturated carbocycles. The van der Waals surface area contributed by atoms with E-state index in [2.05, 4.69) is 0 Å². The Balaban J connectivity index is 1.38. The van der Waals surface area contributed by atoms with Gasteiger partial charge < -0.3 is 19.5 Å². The number of nitrogens with zero attached hydrogens (tertiary/aromatic N) is 1. The first-order chi connectivity index (χ1) is 15.4. The largest absolute Gasteiger partial charge is 0.460 e. The second-order valence-electron chi connectivity index (χ2n) is 9.82. The first-order valence-electron chi connectivity index (χ1n) is 10.8. The number of carbonyl (C=O) groups excluding carboxylic acids is 2. The molecule has 1 amide bonds. The first kappa shape index (κ1) is 24.8. The van der Waals surface area contributed by atoms with Crippen molar-refractivity contribution in [1.29, 1.82) is 0 Å². The Hall–Kier alpha value is -1.32. The quantitative estimate of drug-likeness (QED) is 0.484. The van der Waals surface area contributed by atoms with Gasteiger partial charge >= 0.3 is 12.1 Å². The average Bonchev–Trinajstić information content (AvgIpc) is 3.34. The van der Waals surface area contributed by atoms with E-state index in [9.17, 15) is 14.7 Å². The summed E-state index contributed by atoms with van der Waals surface area (Å²) in [5, 5.41) is 11.5. The molecule has 3 heterocycles. The van der Waals surface area contributed by atoms with E-state index in [1.165, 1.54) is 0 Å². The highest BCUT2D eigenvalue weighted by molar-refractivity contribution is 7.18. The van der Waals surface area contributed by atoms with Gasteiger partial charge in [-0.05, 0) is 76.1 Å². The number of carbonyl (C=O) groups is 2. The van der Waals surface area contributed by atoms with Crippen molar-refractivity contribution in [2.45, 2.75) is 63.8 Å². The maximum Gasteiger partial charge on any atom is 0.410 e. The van der Waals surface area contributed by atoms with Gasteiger partial charge in [-0.25, -0.2) is 9.59 Å². The molecule has 2 aromatic heterocycles. The maximum absolute atomic E-state index is 13.2. The molecule has 1 aliphatic heterocycles. The second-order valence-corrected chi connectivity index (χ2v) is 13.3. The molecule has 2 aromatic rings. The van der Waals surface area contributed by atoms with Crippen LogP contribution in [0, 0.1) is 5.41 Å². The fourth-order valence-corrected chi connectivity index (χ4v) is 6.80. The van der Waals surface area contributed by atoms with Crippen LogP contribution in [0.2, 0.25) is 8.67 Å². The van der Waals surface area contributed by atoms with Crippen molar-refractivity contribution in [3.05, 3.63) is 42.7 Å². The summed E-state index contributed by atoms with van der Waals surface area (Å²) in [6.07, 6.45) is 2.55. The molecule has 180 valence electrons. The minimum atomic E-state index is -1.95. The molecule has 0 aromatic carbocycles. The minimum absolute atomic E-state index is 0.0556. The van der Waals surface area contributed by atoms with Crippen molar-refractivity contribution in [3.8, 4) is 0 Å². The van der Waals surface area contributed by atoms with Crippen LogP contribution in [0.5, 0.6) is 0 Å². The molecule has 0 bridgehead atoms. The molecule has 0 radical (unpaired) electrons. The van der Waals surface area contributed by atoms with E-state index in [0.29, 0.717) is 44.4 Å². The van der Waals surface area contributed by atoms with Crippen molar-refractivity contribution in [2.24, 2.45) is 5.41 Å². The van der Waals surface area contributed by atoms with Gasteiger partial charge in [-0.1, -0.05) is 23.2 Å². The van der Waals surface area contributed by atoms with Gasteiger partial charge in [-0.15, -0.1) is 22.7 Å². The Bertz CT molecular complexity index is 988. The average molecular weight is 533 g/mol. The van der Waals surface area contributed by atoms with Gasteiger partial charge in [0.05, 0.1) is 18.4 Å². The van der Waals surface area contributed by atoms with Crippen molar-refractivity contribution in [3.63, 3.8) is 0 Å². The lowest BCUT2D eigenvalue weighted by Crippen LogP contribution is -2.53. The SMILES string of the molecule is CC(C)(C)OC(=O)N1CCC2(CC1)CC(OC(=O)C(O)(c1ccc(Cl)s1)c1ccc(Cl)s1)C2. The predicted octanol–water partition coefficient (Wildman–Crippen LogP) is 6.08. The Morgan fingerprint density at radius 1 is 1.03 bits per heavy atom. The molecule has 1 N–H and O–H groups in total. The van der Waals surface area contributed by atoms with Crippen molar-refractivity contribution >= 4 is 57.9 Å². The lowest BCUT2D eigenvalue weighted by atomic mass is 9.61. The van der Waals surface area contributed by atoms with Crippen LogP contribution in [0.4, 0.5) is 4.79 Å². The smallest absolute Gasteiger partial charge is 0.410 e. The number of rotatable bonds is 4. The summed E-state index contributed by atoms with van der Waals surface area (Å²) in [6, 6.07) is 6.56. The number of ether oxygens (including phenoxy) is 2. The second kappa shape index (κ2) is 9.04. The van der Waals surface area contributed by atoms with Crippen LogP contribution in [0.25, 0.3) is 0 Å². The summed E-state index contributed by atoms with van der Waals surface area (Å²) < 4.78 is 12.2. The molecule has 1 spiro atoms. The molecule has 1 aliphatic carbocycles. The van der Waals surface area contributed by atoms with E-state index in [4.69, 9.17) is 32.7 Å². The van der Waals surface area contributed by atoms with Gasteiger partial charge in [0, 0.05) is 13.1 Å². The number of amides is 1. The summed E-state index contributed by atoms with van der Waals surface area (Å²) in [4.78, 5) is 28.1. The molecule has 4 rings (SSSR count). The molecule has 0 atom stereocenters. The number of thiophene rings is 2. The fraction of sp³-hybridized carbons (Fsp3) is 0.565. The van der Waals surface area contributed by atoms with Crippen molar-refractivity contribution < 1.29 is 24.2 Å². The fourth-order valence-electron chi connectivity index (χ4n) is 4.46. The summed E-state index contributed by atoms with van der Waals surface area (Å²) in [5.41, 5.74) is -2.41. The number of hydrogen-bond donors (Lipinski definition) is 1. The van der Waals surface area contributed by atoms with Crippen LogP contribution in [-0.4, -0.2) is 46.9 Å². The molecule has 6 nitrogen and oxygen atoms in total. The highest BCUT2D eigenvalue weighted by atomic mass is 35.5. The molecular formula is C23H27Cl2NO5S2. The highest BCUT2D eigenvalue weighted by Gasteiger charge is 2.51. The van der Waals surface area contributed by atoms with Crippen LogP contribution in [0.1, 0.15) is 56.2 Å². The normalized spacial score (nSPS) is 18.8. The zero-order chi connectivity index (χ0) is 24.0. The summed E-state index contributed by atoms with van der Waals surface area (Å²) >= 11 is 14.4. The topological polar surface area (TPSA) is 76.1 Å². The van der Waals surface area contributed by atoms with Gasteiger partial charge in [0.25, 0.3) is 0 Å². The third-order valence-electron chi connectivity index (χ3n) is 6.23. The van der Waals surface area contributed by atoms with Crippen LogP contribution in [0.3, 0.4) is 0 Å². The van der Waals surface area contributed by atoms with Crippen LogP contribution < -0.4 is 0 Å². The lowest BCUT2D eigenvalue weighted by molar-refractivity contribution is -0.181. The van der Waals surface area contributed by atoms with Crippen LogP contribution in [-0.2, 0) is 19.9 Å². The van der Waals surface area contributed by atoms with E-state index < -0.39 is 17.2 Å². The first-order valence-corrected chi connectivity index (χ1v) is 13.2. The number of halogens is 2. The molecule has 2 fully saturated rings. The monoisotopic (exact) mass is 531 g/mol. The standard InChI is InChI=1S/C23H27Cl2NO5S2/c1-21(2,3)31-20(28)26-10-8-22(9-11-26)12-14(13-22)30-19(27)23(29,15-4-6-17(24)32-15)16-5-7-18(25)33-16/h4-7,14,29H,8-13H2,1-3H3. The van der Waals surface area contributed by atoms with E-state index in [0.717, 1.165) is 35.5 Å². The number of likely N-dealkylation sites (tertiary alicyclic amines) is 1. The molecular weight excluding hydrogens is 505 g/mol. The summed E-state index contributed by atoms with van der Waals surface area (Å²) in [7, 11) is 0. The maximum atomic E-state index is 13.2. The van der Waals surface area contributed by atoms with E-state index >= 15 is 0 Å². The Kier molecular flexibility index (Phi) is 6.79. The summed E-state index contributed by atoms with van der Waals surface area (Å²) in [5.74, 6) is -0.717. The van der Waals surface area contributed by atoms with Crippen molar-refractivity contribution in [2.75, 3.05) is 13.1 Å². The summed E-state index contributed by atoms with van der Waals surface area (Å²) in [6.45, 7) is 6.83. The van der Waals surface area contributed by atoms with Gasteiger partial charge in [-0.2, -0.15) is 0 Å². The number of piperidine rings is 1. The number of esters is 1. The number of aliphatic hydroxyl groups is 1. The molecule has 33 heavy (non-hydrogen) atoms. The van der Waals surface area contributed by atoms with Gasteiger partial charge in [0.1, 0.15) is 11.7 Å². The zero-order valence-electron chi connectivity index (χ0n) is 18.7. The van der Waals surface area contributed by atoms with E-state index in [1.807, 2.05) is 20.8 Å². The van der Waals surface area contributed by atoms with Gasteiger partial charge in [0.15, 0.2) is 0 Å². The number of hydrogen-bond acceptors (Lipinski definition) is 7. The lowest BCUT2D eigenvalue weighted by Gasteiger charge is -2.51. The highest BCUT2D eigenvalue weighted by Crippen LogP contribution is 2.51. The van der Waals surface area contributed by atoms with Crippen LogP contribution >= 0.6 is 45.9 Å². The third kappa shape index (κ3) is 5.20.